The Balaban J connectivity index is 1.13. The Labute approximate surface area is 212 Å². The van der Waals surface area contributed by atoms with Crippen LogP contribution in [0.15, 0.2) is 11.5 Å². The van der Waals surface area contributed by atoms with Gasteiger partial charge in [-0.1, -0.05) is 24.2 Å². The number of ketones is 1. The molecular formula is C25H32F3N3O2S2. The molecule has 0 N–H and O–H groups in total. The molecule has 0 unspecified atom stereocenters. The molecule has 1 fully saturated rings. The molecule has 192 valence electrons. The maximum absolute atomic E-state index is 12.4. The van der Waals surface area contributed by atoms with Crippen molar-refractivity contribution in [3.63, 3.8) is 0 Å². The molecule has 0 aromatic carbocycles. The normalized spacial score (nSPS) is 21.7. The van der Waals surface area contributed by atoms with E-state index in [2.05, 4.69) is 14.9 Å². The van der Waals surface area contributed by atoms with Crippen LogP contribution >= 0.6 is 22.7 Å². The molecule has 2 aromatic rings. The van der Waals surface area contributed by atoms with Crippen LogP contribution in [0.3, 0.4) is 0 Å². The highest BCUT2D eigenvalue weighted by molar-refractivity contribution is 7.13. The lowest BCUT2D eigenvalue weighted by atomic mass is 9.78. The first-order valence-electron chi connectivity index (χ1n) is 12.3. The van der Waals surface area contributed by atoms with E-state index in [1.807, 2.05) is 18.4 Å². The van der Waals surface area contributed by atoms with Gasteiger partial charge in [0.15, 0.2) is 12.4 Å². The van der Waals surface area contributed by atoms with E-state index in [4.69, 9.17) is 4.74 Å². The lowest BCUT2D eigenvalue weighted by Crippen LogP contribution is -2.29. The highest BCUT2D eigenvalue weighted by atomic mass is 32.1. The third-order valence-corrected chi connectivity index (χ3v) is 8.69. The Hall–Kier alpha value is -1.78. The van der Waals surface area contributed by atoms with Gasteiger partial charge in [-0.15, -0.1) is 11.3 Å². The zero-order valence-electron chi connectivity index (χ0n) is 20.0. The molecule has 1 aliphatic carbocycles. The summed E-state index contributed by atoms with van der Waals surface area (Å²) in [5.41, 5.74) is 1.75. The minimum Gasteiger partial charge on any atom is -0.460 e. The number of ether oxygens (including phenoxy) is 1. The molecule has 0 atom stereocenters. The molecule has 35 heavy (non-hydrogen) atoms. The maximum atomic E-state index is 12.4. The fourth-order valence-electron chi connectivity index (χ4n) is 4.89. The Morgan fingerprint density at radius 2 is 1.91 bits per heavy atom. The molecule has 0 radical (unpaired) electrons. The van der Waals surface area contributed by atoms with Gasteiger partial charge in [-0.2, -0.15) is 13.2 Å². The first kappa shape index (κ1) is 26.3. The van der Waals surface area contributed by atoms with Crippen molar-refractivity contribution in [3.05, 3.63) is 32.7 Å². The smallest absolute Gasteiger partial charge is 0.422 e. The van der Waals surface area contributed by atoms with Crippen LogP contribution in [0.1, 0.15) is 59.8 Å². The summed E-state index contributed by atoms with van der Waals surface area (Å²) in [4.78, 5) is 24.5. The molecule has 0 amide bonds. The van der Waals surface area contributed by atoms with Gasteiger partial charge in [0, 0.05) is 36.2 Å². The summed E-state index contributed by atoms with van der Waals surface area (Å²) in [7, 11) is 0. The number of nitrogens with zero attached hydrogens (tertiary/aromatic N) is 3. The molecule has 0 bridgehead atoms. The molecule has 4 rings (SSSR count). The SMILES string of the molecule is Cc1nc(/C=C/C(=O)CC2CCC(CCN3CCc4nc(OCC(F)(F)F)sc4CC3)CC2)cs1. The van der Waals surface area contributed by atoms with Crippen LogP contribution in [0.25, 0.3) is 6.08 Å². The van der Waals surface area contributed by atoms with E-state index in [9.17, 15) is 18.0 Å². The minimum absolute atomic E-state index is 0.129. The molecule has 0 saturated heterocycles. The quantitative estimate of drug-likeness (QED) is 0.368. The summed E-state index contributed by atoms with van der Waals surface area (Å²) in [5.74, 6) is 1.37. The fourth-order valence-corrected chi connectivity index (χ4v) is 6.42. The predicted octanol–water partition coefficient (Wildman–Crippen LogP) is 6.12. The van der Waals surface area contributed by atoms with Gasteiger partial charge in [0.25, 0.3) is 5.19 Å². The number of alkyl halides is 3. The van der Waals surface area contributed by atoms with E-state index in [1.54, 1.807) is 17.4 Å². The second-order valence-corrected chi connectivity index (χ2v) is 11.7. The number of aromatic nitrogens is 2. The van der Waals surface area contributed by atoms with Crippen LogP contribution in [0.4, 0.5) is 13.2 Å². The topological polar surface area (TPSA) is 55.3 Å². The summed E-state index contributed by atoms with van der Waals surface area (Å²) in [6, 6.07) is 0. The van der Waals surface area contributed by atoms with Gasteiger partial charge in [0.05, 0.1) is 16.4 Å². The van der Waals surface area contributed by atoms with Gasteiger partial charge in [0.2, 0.25) is 0 Å². The van der Waals surface area contributed by atoms with Crippen molar-refractivity contribution >= 4 is 34.5 Å². The number of halogens is 3. The zero-order valence-corrected chi connectivity index (χ0v) is 21.6. The monoisotopic (exact) mass is 527 g/mol. The van der Waals surface area contributed by atoms with Crippen molar-refractivity contribution in [1.29, 1.82) is 0 Å². The van der Waals surface area contributed by atoms with Crippen molar-refractivity contribution in [3.8, 4) is 5.19 Å². The van der Waals surface area contributed by atoms with E-state index in [1.165, 1.54) is 24.2 Å². The number of thiazole rings is 2. The standard InChI is InChI=1S/C25H32F3N3O2S2/c1-17-29-20(15-34-17)6-7-21(32)14-19-4-2-18(3-5-19)8-11-31-12-9-22-23(10-13-31)35-24(30-22)33-16-25(26,27)28/h6-7,15,18-19H,2-5,8-14,16H2,1H3/b7-6+. The fraction of sp³-hybridized carbons (Fsp3) is 0.640. The average molecular weight is 528 g/mol. The molecule has 2 aliphatic rings. The van der Waals surface area contributed by atoms with Gasteiger partial charge in [-0.25, -0.2) is 9.97 Å². The van der Waals surface area contributed by atoms with E-state index in [-0.39, 0.29) is 11.0 Å². The maximum Gasteiger partial charge on any atom is 0.422 e. The summed E-state index contributed by atoms with van der Waals surface area (Å²) >= 11 is 2.84. The predicted molar refractivity (Wildman–Crippen MR) is 133 cm³/mol. The van der Waals surface area contributed by atoms with Crippen LogP contribution in [0.2, 0.25) is 0 Å². The summed E-state index contributed by atoms with van der Waals surface area (Å²) in [6.07, 6.45) is 7.09. The molecule has 2 aromatic heterocycles. The number of hydrogen-bond donors (Lipinski definition) is 0. The van der Waals surface area contributed by atoms with E-state index >= 15 is 0 Å². The van der Waals surface area contributed by atoms with Crippen LogP contribution < -0.4 is 4.74 Å². The zero-order chi connectivity index (χ0) is 24.8. The second-order valence-electron chi connectivity index (χ2n) is 9.57. The Morgan fingerprint density at radius 1 is 1.17 bits per heavy atom. The summed E-state index contributed by atoms with van der Waals surface area (Å²) in [5, 5.41) is 3.10. The van der Waals surface area contributed by atoms with Crippen molar-refractivity contribution < 1.29 is 22.7 Å². The lowest BCUT2D eigenvalue weighted by molar-refractivity contribution is -0.153. The summed E-state index contributed by atoms with van der Waals surface area (Å²) in [6.45, 7) is 3.50. The number of fused-ring (bicyclic) bond motifs is 1. The van der Waals surface area contributed by atoms with Gasteiger partial charge in [0.1, 0.15) is 0 Å². The third-order valence-electron chi connectivity index (χ3n) is 6.82. The van der Waals surface area contributed by atoms with Gasteiger partial charge < -0.3 is 9.64 Å². The molecule has 1 aliphatic heterocycles. The van der Waals surface area contributed by atoms with Crippen molar-refractivity contribution in [2.75, 3.05) is 26.2 Å². The first-order chi connectivity index (χ1) is 16.7. The minimum atomic E-state index is -4.34. The first-order valence-corrected chi connectivity index (χ1v) is 14.0. The second kappa shape index (κ2) is 12.0. The number of rotatable bonds is 9. The van der Waals surface area contributed by atoms with E-state index < -0.39 is 12.8 Å². The van der Waals surface area contributed by atoms with Crippen LogP contribution in [0.5, 0.6) is 5.19 Å². The van der Waals surface area contributed by atoms with Gasteiger partial charge in [-0.05, 0) is 63.1 Å². The van der Waals surface area contributed by atoms with Crippen molar-refractivity contribution in [1.82, 2.24) is 14.9 Å². The number of carbonyl (C=O) groups excluding carboxylic acids is 1. The Morgan fingerprint density at radius 3 is 2.63 bits per heavy atom. The third kappa shape index (κ3) is 8.39. The van der Waals surface area contributed by atoms with Crippen molar-refractivity contribution in [2.45, 2.75) is 64.5 Å². The van der Waals surface area contributed by atoms with Crippen LogP contribution in [-0.2, 0) is 17.6 Å². The highest BCUT2D eigenvalue weighted by Gasteiger charge is 2.30. The van der Waals surface area contributed by atoms with E-state index in [0.717, 1.165) is 73.0 Å². The highest BCUT2D eigenvalue weighted by Crippen LogP contribution is 2.34. The van der Waals surface area contributed by atoms with Gasteiger partial charge in [-0.3, -0.25) is 4.79 Å². The largest absolute Gasteiger partial charge is 0.460 e. The Kier molecular flexibility index (Phi) is 8.99. The molecule has 10 heteroatoms. The molecule has 0 spiro atoms. The average Bonchev–Trinajstić information content (AvgIpc) is 3.36. The van der Waals surface area contributed by atoms with Crippen LogP contribution in [0, 0.1) is 18.8 Å². The molecule has 1 saturated carbocycles. The molecular weight excluding hydrogens is 495 g/mol. The van der Waals surface area contributed by atoms with Gasteiger partial charge >= 0.3 is 6.18 Å². The lowest BCUT2D eigenvalue weighted by Gasteiger charge is -2.30. The summed E-state index contributed by atoms with van der Waals surface area (Å²) < 4.78 is 41.9. The number of hydrogen-bond acceptors (Lipinski definition) is 7. The van der Waals surface area contributed by atoms with Crippen LogP contribution in [-0.4, -0.2) is 53.1 Å². The number of carbonyl (C=O) groups is 1. The Bertz CT molecular complexity index is 985. The molecule has 3 heterocycles. The number of aryl methyl sites for hydroxylation is 1. The van der Waals surface area contributed by atoms with E-state index in [0.29, 0.717) is 18.3 Å². The number of allylic oxidation sites excluding steroid dienone is 1. The van der Waals surface area contributed by atoms with Crippen molar-refractivity contribution in [2.24, 2.45) is 11.8 Å². The molecule has 5 nitrogen and oxygen atoms in total.